The summed E-state index contributed by atoms with van der Waals surface area (Å²) in [6.45, 7) is 3.38. The van der Waals surface area contributed by atoms with Gasteiger partial charge in [0.1, 0.15) is 0 Å². The summed E-state index contributed by atoms with van der Waals surface area (Å²) in [7, 11) is 1.54. The van der Waals surface area contributed by atoms with Gasteiger partial charge in [0, 0.05) is 14.0 Å². The Hall–Kier alpha value is -1.14. The second kappa shape index (κ2) is 9.11. The van der Waals surface area contributed by atoms with Gasteiger partial charge in [-0.3, -0.25) is 4.79 Å². The van der Waals surface area contributed by atoms with Crippen LogP contribution in [-0.2, 0) is 28.5 Å². The van der Waals surface area contributed by atoms with E-state index in [9.17, 15) is 9.59 Å². The van der Waals surface area contributed by atoms with Gasteiger partial charge in [-0.25, -0.2) is 4.79 Å². The average Bonchev–Trinajstić information content (AvgIpc) is 2.23. The Morgan fingerprint density at radius 1 is 1.19 bits per heavy atom. The second-order valence-corrected chi connectivity index (χ2v) is 2.98. The zero-order valence-corrected chi connectivity index (χ0v) is 9.86. The average molecular weight is 234 g/mol. The molecule has 0 N–H and O–H groups in total. The van der Waals surface area contributed by atoms with Crippen LogP contribution in [0.4, 0.5) is 0 Å². The van der Waals surface area contributed by atoms with E-state index in [2.05, 4.69) is 9.47 Å². The molecular formula is C10H18O6. The number of carbonyl (C=O) groups excluding carboxylic acids is 2. The highest BCUT2D eigenvalue weighted by Crippen LogP contribution is 2.01. The number of ether oxygens (including phenoxy) is 4. The highest BCUT2D eigenvalue weighted by Gasteiger charge is 2.18. The van der Waals surface area contributed by atoms with Gasteiger partial charge in [0.2, 0.25) is 6.79 Å². The molecule has 0 aromatic heterocycles. The Morgan fingerprint density at radius 3 is 2.38 bits per heavy atom. The van der Waals surface area contributed by atoms with E-state index in [0.29, 0.717) is 19.6 Å². The van der Waals surface area contributed by atoms with Crippen molar-refractivity contribution in [2.45, 2.75) is 26.4 Å². The molecule has 0 heterocycles. The van der Waals surface area contributed by atoms with Crippen molar-refractivity contribution in [3.8, 4) is 0 Å². The fraction of sp³-hybridized carbons (Fsp3) is 0.800. The lowest BCUT2D eigenvalue weighted by atomic mass is 10.3. The van der Waals surface area contributed by atoms with Gasteiger partial charge in [-0.2, -0.15) is 0 Å². The minimum Gasteiger partial charge on any atom is -0.428 e. The van der Waals surface area contributed by atoms with Crippen LogP contribution < -0.4 is 0 Å². The summed E-state index contributed by atoms with van der Waals surface area (Å²) in [6.07, 6.45) is -0.159. The van der Waals surface area contributed by atoms with E-state index in [4.69, 9.17) is 9.47 Å². The maximum absolute atomic E-state index is 11.4. The first-order valence-corrected chi connectivity index (χ1v) is 5.02. The largest absolute Gasteiger partial charge is 0.428 e. The highest BCUT2D eigenvalue weighted by molar-refractivity contribution is 5.74. The van der Waals surface area contributed by atoms with Crippen molar-refractivity contribution < 1.29 is 28.5 Å². The van der Waals surface area contributed by atoms with Crippen LogP contribution in [0.5, 0.6) is 0 Å². The molecule has 0 fully saturated rings. The molecule has 1 unspecified atom stereocenters. The summed E-state index contributed by atoms with van der Waals surface area (Å²) in [5.41, 5.74) is 0. The van der Waals surface area contributed by atoms with Crippen LogP contribution in [-0.4, -0.2) is 45.2 Å². The van der Waals surface area contributed by atoms with Crippen LogP contribution in [0, 0.1) is 0 Å². The molecular weight excluding hydrogens is 216 g/mol. The number of hydrogen-bond acceptors (Lipinski definition) is 6. The summed E-state index contributed by atoms with van der Waals surface area (Å²) in [4.78, 5) is 21.8. The van der Waals surface area contributed by atoms with Crippen LogP contribution in [0.3, 0.4) is 0 Å². The lowest BCUT2D eigenvalue weighted by molar-refractivity contribution is -0.175. The maximum atomic E-state index is 11.4. The Morgan fingerprint density at radius 2 is 1.88 bits per heavy atom. The van der Waals surface area contributed by atoms with Gasteiger partial charge >= 0.3 is 11.9 Å². The second-order valence-electron chi connectivity index (χ2n) is 2.98. The standard InChI is InChI=1S/C10H18O6/c1-4-9(14-6-5-13-3)10(12)16-7-15-8(2)11/h9H,4-7H2,1-3H3. The minimum absolute atomic E-state index is 0.317. The molecule has 0 saturated carbocycles. The van der Waals surface area contributed by atoms with E-state index in [-0.39, 0.29) is 6.79 Å². The Labute approximate surface area is 94.8 Å². The fourth-order valence-electron chi connectivity index (χ4n) is 0.890. The van der Waals surface area contributed by atoms with Crippen LogP contribution in [0.2, 0.25) is 0 Å². The summed E-state index contributed by atoms with van der Waals surface area (Å²) in [5, 5.41) is 0. The van der Waals surface area contributed by atoms with Gasteiger partial charge in [-0.1, -0.05) is 6.92 Å². The van der Waals surface area contributed by atoms with E-state index < -0.39 is 18.0 Å². The third kappa shape index (κ3) is 7.19. The third-order valence-corrected chi connectivity index (χ3v) is 1.70. The molecule has 0 radical (unpaired) electrons. The Kier molecular flexibility index (Phi) is 8.46. The van der Waals surface area contributed by atoms with Gasteiger partial charge in [0.25, 0.3) is 0 Å². The lowest BCUT2D eigenvalue weighted by Gasteiger charge is -2.14. The van der Waals surface area contributed by atoms with Crippen molar-refractivity contribution >= 4 is 11.9 Å². The summed E-state index contributed by atoms with van der Waals surface area (Å²) >= 11 is 0. The first-order chi connectivity index (χ1) is 7.61. The molecule has 6 heteroatoms. The number of rotatable bonds is 8. The smallest absolute Gasteiger partial charge is 0.338 e. The van der Waals surface area contributed by atoms with Crippen molar-refractivity contribution in [1.82, 2.24) is 0 Å². The molecule has 0 bridgehead atoms. The molecule has 16 heavy (non-hydrogen) atoms. The molecule has 0 spiro atoms. The maximum Gasteiger partial charge on any atom is 0.338 e. The van der Waals surface area contributed by atoms with Crippen molar-refractivity contribution in [3.63, 3.8) is 0 Å². The first-order valence-electron chi connectivity index (χ1n) is 5.02. The fourth-order valence-corrected chi connectivity index (χ4v) is 0.890. The summed E-state index contributed by atoms with van der Waals surface area (Å²) < 4.78 is 19.2. The van der Waals surface area contributed by atoms with Crippen LogP contribution >= 0.6 is 0 Å². The number of hydrogen-bond donors (Lipinski definition) is 0. The molecule has 0 aliphatic heterocycles. The van der Waals surface area contributed by atoms with Crippen molar-refractivity contribution in [2.24, 2.45) is 0 Å². The molecule has 0 rings (SSSR count). The predicted molar refractivity (Wildman–Crippen MR) is 54.6 cm³/mol. The summed E-state index contributed by atoms with van der Waals surface area (Å²) in [6, 6.07) is 0. The third-order valence-electron chi connectivity index (χ3n) is 1.70. The van der Waals surface area contributed by atoms with Crippen LogP contribution in [0.1, 0.15) is 20.3 Å². The van der Waals surface area contributed by atoms with Gasteiger partial charge in [-0.05, 0) is 6.42 Å². The number of esters is 2. The van der Waals surface area contributed by atoms with Gasteiger partial charge in [0.05, 0.1) is 13.2 Å². The van der Waals surface area contributed by atoms with E-state index in [0.717, 1.165) is 0 Å². The molecule has 1 atom stereocenters. The van der Waals surface area contributed by atoms with Crippen LogP contribution in [0.15, 0.2) is 0 Å². The first kappa shape index (κ1) is 14.9. The van der Waals surface area contributed by atoms with Crippen molar-refractivity contribution in [3.05, 3.63) is 0 Å². The Balaban J connectivity index is 3.77. The molecule has 0 aromatic carbocycles. The van der Waals surface area contributed by atoms with E-state index in [1.807, 2.05) is 0 Å². The lowest BCUT2D eigenvalue weighted by Crippen LogP contribution is -2.28. The topological polar surface area (TPSA) is 71.1 Å². The molecule has 0 saturated heterocycles. The van der Waals surface area contributed by atoms with Crippen molar-refractivity contribution in [1.29, 1.82) is 0 Å². The Bertz CT molecular complexity index is 215. The molecule has 6 nitrogen and oxygen atoms in total. The number of methoxy groups -OCH3 is 1. The zero-order valence-electron chi connectivity index (χ0n) is 9.86. The quantitative estimate of drug-likeness (QED) is 0.346. The van der Waals surface area contributed by atoms with E-state index >= 15 is 0 Å². The van der Waals surface area contributed by atoms with Gasteiger partial charge in [-0.15, -0.1) is 0 Å². The molecule has 0 aliphatic rings. The zero-order chi connectivity index (χ0) is 12.4. The van der Waals surface area contributed by atoms with Gasteiger partial charge < -0.3 is 18.9 Å². The van der Waals surface area contributed by atoms with Crippen molar-refractivity contribution in [2.75, 3.05) is 27.1 Å². The SMILES string of the molecule is CCC(OCCOC)C(=O)OCOC(C)=O. The molecule has 94 valence electrons. The van der Waals surface area contributed by atoms with E-state index in [1.54, 1.807) is 14.0 Å². The normalized spacial score (nSPS) is 11.9. The summed E-state index contributed by atoms with van der Waals surface area (Å²) in [5.74, 6) is -1.04. The number of carbonyl (C=O) groups is 2. The monoisotopic (exact) mass is 234 g/mol. The molecule has 0 amide bonds. The molecule has 0 aromatic rings. The highest BCUT2D eigenvalue weighted by atomic mass is 16.7. The minimum atomic E-state index is -0.647. The van der Waals surface area contributed by atoms with Gasteiger partial charge in [0.15, 0.2) is 6.10 Å². The predicted octanol–water partition coefficient (Wildman–Crippen LogP) is 0.492. The van der Waals surface area contributed by atoms with Crippen LogP contribution in [0.25, 0.3) is 0 Å². The molecule has 0 aliphatic carbocycles. The van der Waals surface area contributed by atoms with E-state index in [1.165, 1.54) is 6.92 Å².